The Bertz CT molecular complexity index is 559. The van der Waals surface area contributed by atoms with E-state index in [1.54, 1.807) is 0 Å². The number of hydrazone groups is 1. The van der Waals surface area contributed by atoms with E-state index >= 15 is 0 Å². The maximum Gasteiger partial charge on any atom is 0.387 e. The van der Waals surface area contributed by atoms with E-state index in [0.717, 1.165) is 25.3 Å². The SMILES string of the molecule is C[C@@H]1CCC[C@@H](C)N1/N=C\c1ccc(OC(F)F)cc1OC(F)F. The van der Waals surface area contributed by atoms with Gasteiger partial charge < -0.3 is 9.47 Å². The fourth-order valence-electron chi connectivity index (χ4n) is 2.76. The molecule has 0 saturated carbocycles. The molecule has 134 valence electrons. The van der Waals surface area contributed by atoms with Gasteiger partial charge in [-0.15, -0.1) is 0 Å². The van der Waals surface area contributed by atoms with E-state index in [9.17, 15) is 17.6 Å². The zero-order valence-electron chi connectivity index (χ0n) is 13.5. The molecule has 24 heavy (non-hydrogen) atoms. The zero-order chi connectivity index (χ0) is 17.7. The molecule has 1 aliphatic rings. The molecular formula is C16H20F4N2O2. The minimum absolute atomic E-state index is 0.242. The number of hydrogen-bond acceptors (Lipinski definition) is 4. The molecule has 0 spiro atoms. The number of nitrogens with zero attached hydrogens (tertiary/aromatic N) is 2. The van der Waals surface area contributed by atoms with Crippen LogP contribution in [0, 0.1) is 0 Å². The summed E-state index contributed by atoms with van der Waals surface area (Å²) in [6.07, 6.45) is 4.53. The van der Waals surface area contributed by atoms with E-state index in [2.05, 4.69) is 14.6 Å². The summed E-state index contributed by atoms with van der Waals surface area (Å²) in [6.45, 7) is -2.03. The average molecular weight is 348 g/mol. The van der Waals surface area contributed by atoms with Crippen LogP contribution >= 0.6 is 0 Å². The lowest BCUT2D eigenvalue weighted by molar-refractivity contribution is -0.0543. The minimum Gasteiger partial charge on any atom is -0.435 e. The molecule has 0 bridgehead atoms. The number of hydrogen-bond donors (Lipinski definition) is 0. The lowest BCUT2D eigenvalue weighted by Gasteiger charge is -2.36. The molecule has 0 unspecified atom stereocenters. The molecule has 1 fully saturated rings. The van der Waals surface area contributed by atoms with Crippen LogP contribution in [-0.2, 0) is 0 Å². The second-order valence-corrected chi connectivity index (χ2v) is 5.71. The van der Waals surface area contributed by atoms with E-state index in [1.165, 1.54) is 18.3 Å². The first-order chi connectivity index (χ1) is 11.4. The van der Waals surface area contributed by atoms with Gasteiger partial charge in [0.2, 0.25) is 0 Å². The third-order valence-corrected chi connectivity index (χ3v) is 3.90. The van der Waals surface area contributed by atoms with Gasteiger partial charge in [-0.2, -0.15) is 22.7 Å². The molecule has 2 atom stereocenters. The van der Waals surface area contributed by atoms with Crippen molar-refractivity contribution in [3.63, 3.8) is 0 Å². The summed E-state index contributed by atoms with van der Waals surface area (Å²) in [5.41, 5.74) is 0.266. The van der Waals surface area contributed by atoms with E-state index in [-0.39, 0.29) is 29.1 Å². The molecule has 4 nitrogen and oxygen atoms in total. The minimum atomic E-state index is -3.08. The number of benzene rings is 1. The average Bonchev–Trinajstić information content (AvgIpc) is 2.47. The Morgan fingerprint density at radius 2 is 1.71 bits per heavy atom. The van der Waals surface area contributed by atoms with Gasteiger partial charge in [-0.05, 0) is 45.2 Å². The van der Waals surface area contributed by atoms with Crippen molar-refractivity contribution in [1.29, 1.82) is 0 Å². The normalized spacial score (nSPS) is 21.8. The Kier molecular flexibility index (Phi) is 6.28. The highest BCUT2D eigenvalue weighted by atomic mass is 19.3. The van der Waals surface area contributed by atoms with Crippen molar-refractivity contribution in [2.75, 3.05) is 0 Å². The van der Waals surface area contributed by atoms with Crippen LogP contribution in [0.5, 0.6) is 11.5 Å². The second-order valence-electron chi connectivity index (χ2n) is 5.71. The molecule has 2 rings (SSSR count). The van der Waals surface area contributed by atoms with Crippen LogP contribution < -0.4 is 9.47 Å². The quantitative estimate of drug-likeness (QED) is 0.561. The maximum absolute atomic E-state index is 12.5. The number of alkyl halides is 4. The van der Waals surface area contributed by atoms with Crippen molar-refractivity contribution in [2.45, 2.75) is 58.4 Å². The molecule has 0 radical (unpaired) electrons. The smallest absolute Gasteiger partial charge is 0.387 e. The molecule has 1 aromatic carbocycles. The van der Waals surface area contributed by atoms with Gasteiger partial charge in [0.25, 0.3) is 0 Å². The predicted molar refractivity (Wildman–Crippen MR) is 81.9 cm³/mol. The van der Waals surface area contributed by atoms with Gasteiger partial charge in [0, 0.05) is 23.7 Å². The molecule has 1 saturated heterocycles. The van der Waals surface area contributed by atoms with Gasteiger partial charge in [0.15, 0.2) is 0 Å². The van der Waals surface area contributed by atoms with Gasteiger partial charge in [0.05, 0.1) is 6.21 Å². The van der Waals surface area contributed by atoms with Crippen molar-refractivity contribution >= 4 is 6.21 Å². The molecule has 0 aliphatic carbocycles. The van der Waals surface area contributed by atoms with Gasteiger partial charge in [0.1, 0.15) is 11.5 Å². The van der Waals surface area contributed by atoms with Crippen LogP contribution in [-0.4, -0.2) is 36.5 Å². The topological polar surface area (TPSA) is 34.1 Å². The predicted octanol–water partition coefficient (Wildman–Crippen LogP) is 4.49. The molecule has 1 aliphatic heterocycles. The lowest BCUT2D eigenvalue weighted by Crippen LogP contribution is -2.39. The molecule has 1 heterocycles. The Hall–Kier alpha value is -1.99. The Balaban J connectivity index is 2.22. The van der Waals surface area contributed by atoms with Crippen LogP contribution in [0.25, 0.3) is 0 Å². The Labute approximate surface area is 138 Å². The van der Waals surface area contributed by atoms with Crippen LogP contribution in [0.3, 0.4) is 0 Å². The summed E-state index contributed by atoms with van der Waals surface area (Å²) in [6, 6.07) is 4.10. The fraction of sp³-hybridized carbons (Fsp3) is 0.562. The summed E-state index contributed by atoms with van der Waals surface area (Å²) in [5.74, 6) is -0.512. The highest BCUT2D eigenvalue weighted by Gasteiger charge is 2.23. The molecule has 1 aromatic rings. The van der Waals surface area contributed by atoms with Crippen molar-refractivity contribution in [3.8, 4) is 11.5 Å². The van der Waals surface area contributed by atoms with E-state index in [0.29, 0.717) is 0 Å². The molecule has 0 amide bonds. The van der Waals surface area contributed by atoms with Crippen molar-refractivity contribution < 1.29 is 27.0 Å². The Morgan fingerprint density at radius 3 is 2.29 bits per heavy atom. The van der Waals surface area contributed by atoms with E-state index < -0.39 is 13.2 Å². The van der Waals surface area contributed by atoms with Crippen LogP contribution in [0.4, 0.5) is 17.6 Å². The van der Waals surface area contributed by atoms with Crippen LogP contribution in [0.15, 0.2) is 23.3 Å². The first-order valence-corrected chi connectivity index (χ1v) is 7.73. The van der Waals surface area contributed by atoms with Crippen LogP contribution in [0.2, 0.25) is 0 Å². The standard InChI is InChI=1S/C16H20F4N2O2/c1-10-4-3-5-11(2)22(10)21-9-12-6-7-13(23-15(17)18)8-14(12)24-16(19)20/h6-11,15-16H,3-5H2,1-2H3/b21-9-/t10-,11-/m1/s1. The van der Waals surface area contributed by atoms with Gasteiger partial charge in [-0.25, -0.2) is 0 Å². The van der Waals surface area contributed by atoms with Crippen LogP contribution in [0.1, 0.15) is 38.7 Å². The van der Waals surface area contributed by atoms with Gasteiger partial charge in [-0.3, -0.25) is 5.01 Å². The van der Waals surface area contributed by atoms with Gasteiger partial charge in [-0.1, -0.05) is 0 Å². The number of rotatable bonds is 6. The van der Waals surface area contributed by atoms with Crippen molar-refractivity contribution in [3.05, 3.63) is 23.8 Å². The molecule has 8 heteroatoms. The van der Waals surface area contributed by atoms with E-state index in [1.807, 2.05) is 18.9 Å². The monoisotopic (exact) mass is 348 g/mol. The van der Waals surface area contributed by atoms with Crippen molar-refractivity contribution in [2.24, 2.45) is 5.10 Å². The van der Waals surface area contributed by atoms with Crippen molar-refractivity contribution in [1.82, 2.24) is 5.01 Å². The van der Waals surface area contributed by atoms with E-state index in [4.69, 9.17) is 0 Å². The fourth-order valence-corrected chi connectivity index (χ4v) is 2.76. The third kappa shape index (κ3) is 5.01. The number of halogens is 4. The van der Waals surface area contributed by atoms with Gasteiger partial charge >= 0.3 is 13.2 Å². The second kappa shape index (κ2) is 8.21. The summed E-state index contributed by atoms with van der Waals surface area (Å²) in [4.78, 5) is 0. The summed E-state index contributed by atoms with van der Waals surface area (Å²) in [5, 5.41) is 6.28. The summed E-state index contributed by atoms with van der Waals surface area (Å²) >= 11 is 0. The molecular weight excluding hydrogens is 328 g/mol. The number of piperidine rings is 1. The first-order valence-electron chi connectivity index (χ1n) is 7.73. The summed E-state index contributed by atoms with van der Waals surface area (Å²) in [7, 11) is 0. The largest absolute Gasteiger partial charge is 0.435 e. The summed E-state index contributed by atoms with van der Waals surface area (Å²) < 4.78 is 58.2. The highest BCUT2D eigenvalue weighted by molar-refractivity contribution is 5.83. The lowest BCUT2D eigenvalue weighted by atomic mass is 10.00. The highest BCUT2D eigenvalue weighted by Crippen LogP contribution is 2.27. The number of ether oxygens (including phenoxy) is 2. The molecule has 0 aromatic heterocycles. The molecule has 0 N–H and O–H groups in total. The zero-order valence-corrected chi connectivity index (χ0v) is 13.5. The maximum atomic E-state index is 12.5. The first kappa shape index (κ1) is 18.4. The third-order valence-electron chi connectivity index (χ3n) is 3.90. The Morgan fingerprint density at radius 1 is 1.08 bits per heavy atom.